The fraction of sp³-hybridized carbons (Fsp3) is 0.643. The van der Waals surface area contributed by atoms with Crippen LogP contribution in [0.4, 0.5) is 0 Å². The van der Waals surface area contributed by atoms with Gasteiger partial charge >= 0.3 is 0 Å². The molecular weight excluding hydrogens is 256 g/mol. The molecule has 0 spiro atoms. The van der Waals surface area contributed by atoms with Crippen LogP contribution in [0, 0.1) is 5.92 Å². The Hall–Kier alpha value is -1.53. The fourth-order valence-electron chi connectivity index (χ4n) is 2.96. The Labute approximate surface area is 118 Å². The van der Waals surface area contributed by atoms with Crippen molar-refractivity contribution < 1.29 is 9.90 Å². The average molecular weight is 276 g/mol. The number of amides is 1. The van der Waals surface area contributed by atoms with Crippen LogP contribution in [-0.4, -0.2) is 40.2 Å². The lowest BCUT2D eigenvalue weighted by atomic mass is 9.75. The predicted molar refractivity (Wildman–Crippen MR) is 72.7 cm³/mol. The van der Waals surface area contributed by atoms with Gasteiger partial charge in [-0.25, -0.2) is 9.97 Å². The van der Waals surface area contributed by atoms with Crippen molar-refractivity contribution in [1.82, 2.24) is 20.6 Å². The maximum atomic E-state index is 12.2. The largest absolute Gasteiger partial charge is 0.391 e. The van der Waals surface area contributed by atoms with E-state index in [1.54, 1.807) is 18.5 Å². The molecule has 1 saturated heterocycles. The lowest BCUT2D eigenvalue weighted by Gasteiger charge is -2.41. The van der Waals surface area contributed by atoms with E-state index < -0.39 is 11.6 Å². The van der Waals surface area contributed by atoms with Gasteiger partial charge in [0, 0.05) is 37.8 Å². The van der Waals surface area contributed by atoms with Gasteiger partial charge in [0.25, 0.3) is 0 Å². The molecule has 20 heavy (non-hydrogen) atoms. The van der Waals surface area contributed by atoms with E-state index in [1.165, 1.54) is 0 Å². The molecule has 1 aromatic rings. The zero-order chi connectivity index (χ0) is 14.0. The van der Waals surface area contributed by atoms with Crippen LogP contribution in [0.25, 0.3) is 0 Å². The molecule has 0 aromatic carbocycles. The van der Waals surface area contributed by atoms with Gasteiger partial charge in [-0.1, -0.05) is 0 Å². The first kappa shape index (κ1) is 13.5. The van der Waals surface area contributed by atoms with Gasteiger partial charge in [0.2, 0.25) is 5.91 Å². The van der Waals surface area contributed by atoms with Gasteiger partial charge in [-0.05, 0) is 25.3 Å². The SMILES string of the molecule is O=C(C[C@@H]1CNC[C@H]1O)NC1(c2ncccn2)CCC1. The summed E-state index contributed by atoms with van der Waals surface area (Å²) < 4.78 is 0. The van der Waals surface area contributed by atoms with E-state index in [9.17, 15) is 9.90 Å². The number of hydrogen-bond donors (Lipinski definition) is 3. The molecule has 2 aliphatic rings. The molecule has 1 aliphatic heterocycles. The van der Waals surface area contributed by atoms with Crippen molar-refractivity contribution in [1.29, 1.82) is 0 Å². The van der Waals surface area contributed by atoms with Crippen LogP contribution in [0.5, 0.6) is 0 Å². The molecule has 3 N–H and O–H groups in total. The second-order valence-electron chi connectivity index (χ2n) is 5.75. The quantitative estimate of drug-likeness (QED) is 0.717. The number of hydrogen-bond acceptors (Lipinski definition) is 5. The molecule has 2 fully saturated rings. The van der Waals surface area contributed by atoms with E-state index in [4.69, 9.17) is 0 Å². The molecule has 1 aliphatic carbocycles. The van der Waals surface area contributed by atoms with Crippen LogP contribution in [0.3, 0.4) is 0 Å². The summed E-state index contributed by atoms with van der Waals surface area (Å²) in [6, 6.07) is 1.78. The fourth-order valence-corrected chi connectivity index (χ4v) is 2.96. The number of rotatable bonds is 4. The van der Waals surface area contributed by atoms with E-state index in [0.717, 1.165) is 19.3 Å². The molecule has 108 valence electrons. The summed E-state index contributed by atoms with van der Waals surface area (Å²) in [6.07, 6.45) is 6.18. The summed E-state index contributed by atoms with van der Waals surface area (Å²) in [7, 11) is 0. The van der Waals surface area contributed by atoms with Crippen molar-refractivity contribution in [2.24, 2.45) is 5.92 Å². The molecule has 1 amide bonds. The highest BCUT2D eigenvalue weighted by molar-refractivity contribution is 5.77. The number of aliphatic hydroxyl groups is 1. The van der Waals surface area contributed by atoms with Crippen molar-refractivity contribution in [3.8, 4) is 0 Å². The normalized spacial score (nSPS) is 27.9. The molecule has 6 heteroatoms. The third kappa shape index (κ3) is 2.53. The first-order valence-electron chi connectivity index (χ1n) is 7.17. The monoisotopic (exact) mass is 276 g/mol. The van der Waals surface area contributed by atoms with Crippen molar-refractivity contribution in [2.45, 2.75) is 37.3 Å². The average Bonchev–Trinajstić information content (AvgIpc) is 2.80. The Kier molecular flexibility index (Phi) is 3.67. The minimum absolute atomic E-state index is 0.00354. The molecule has 0 bridgehead atoms. The summed E-state index contributed by atoms with van der Waals surface area (Å²) >= 11 is 0. The van der Waals surface area contributed by atoms with Crippen LogP contribution in [0.15, 0.2) is 18.5 Å². The summed E-state index contributed by atoms with van der Waals surface area (Å²) in [5.41, 5.74) is -0.394. The smallest absolute Gasteiger partial charge is 0.221 e. The molecule has 6 nitrogen and oxygen atoms in total. The first-order valence-corrected chi connectivity index (χ1v) is 7.17. The molecule has 1 aromatic heterocycles. The van der Waals surface area contributed by atoms with Gasteiger partial charge in [-0.2, -0.15) is 0 Å². The highest BCUT2D eigenvalue weighted by Gasteiger charge is 2.43. The minimum Gasteiger partial charge on any atom is -0.391 e. The summed E-state index contributed by atoms with van der Waals surface area (Å²) in [5, 5.41) is 15.9. The molecule has 3 rings (SSSR count). The molecule has 1 saturated carbocycles. The lowest BCUT2D eigenvalue weighted by Crippen LogP contribution is -2.52. The third-order valence-electron chi connectivity index (χ3n) is 4.33. The third-order valence-corrected chi connectivity index (χ3v) is 4.33. The molecule has 0 unspecified atom stereocenters. The van der Waals surface area contributed by atoms with Gasteiger partial charge in [0.1, 0.15) is 0 Å². The summed E-state index contributed by atoms with van der Waals surface area (Å²) in [6.45, 7) is 1.27. The molecular formula is C14H20N4O2. The van der Waals surface area contributed by atoms with Gasteiger partial charge in [-0.15, -0.1) is 0 Å². The Balaban J connectivity index is 1.65. The first-order chi connectivity index (χ1) is 9.70. The Morgan fingerprint density at radius 2 is 2.15 bits per heavy atom. The van der Waals surface area contributed by atoms with Crippen LogP contribution < -0.4 is 10.6 Å². The molecule has 0 radical (unpaired) electrons. The van der Waals surface area contributed by atoms with Crippen molar-refractivity contribution in [2.75, 3.05) is 13.1 Å². The van der Waals surface area contributed by atoms with Gasteiger partial charge < -0.3 is 15.7 Å². The van der Waals surface area contributed by atoms with Crippen LogP contribution in [0.1, 0.15) is 31.5 Å². The Morgan fingerprint density at radius 3 is 2.70 bits per heavy atom. The van der Waals surface area contributed by atoms with E-state index >= 15 is 0 Å². The maximum absolute atomic E-state index is 12.2. The lowest BCUT2D eigenvalue weighted by molar-refractivity contribution is -0.126. The summed E-state index contributed by atoms with van der Waals surface area (Å²) in [4.78, 5) is 20.8. The number of aliphatic hydroxyl groups excluding tert-OH is 1. The Bertz CT molecular complexity index is 475. The second-order valence-corrected chi connectivity index (χ2v) is 5.75. The van der Waals surface area contributed by atoms with Crippen LogP contribution >= 0.6 is 0 Å². The van der Waals surface area contributed by atoms with Crippen molar-refractivity contribution >= 4 is 5.91 Å². The summed E-state index contributed by atoms with van der Waals surface area (Å²) in [5.74, 6) is 0.679. The highest BCUT2D eigenvalue weighted by Crippen LogP contribution is 2.39. The number of aromatic nitrogens is 2. The zero-order valence-electron chi connectivity index (χ0n) is 11.4. The van der Waals surface area contributed by atoms with Gasteiger partial charge in [0.05, 0.1) is 11.6 Å². The number of nitrogens with one attached hydrogen (secondary N) is 2. The van der Waals surface area contributed by atoms with Gasteiger partial charge in [-0.3, -0.25) is 4.79 Å². The highest BCUT2D eigenvalue weighted by atomic mass is 16.3. The van der Waals surface area contributed by atoms with E-state index in [1.807, 2.05) is 0 Å². The number of β-amino-alcohol motifs (C(OH)–C–C–N with tert-alkyl or cyclic N) is 1. The zero-order valence-corrected chi connectivity index (χ0v) is 11.4. The second kappa shape index (κ2) is 5.46. The van der Waals surface area contributed by atoms with Gasteiger partial charge in [0.15, 0.2) is 5.82 Å². The van der Waals surface area contributed by atoms with Crippen molar-refractivity contribution in [3.05, 3.63) is 24.3 Å². The molecule has 2 atom stereocenters. The van der Waals surface area contributed by atoms with E-state index in [-0.39, 0.29) is 11.8 Å². The van der Waals surface area contributed by atoms with E-state index in [0.29, 0.717) is 25.3 Å². The van der Waals surface area contributed by atoms with Crippen molar-refractivity contribution in [3.63, 3.8) is 0 Å². The maximum Gasteiger partial charge on any atom is 0.221 e. The van der Waals surface area contributed by atoms with Crippen LogP contribution in [0.2, 0.25) is 0 Å². The van der Waals surface area contributed by atoms with E-state index in [2.05, 4.69) is 20.6 Å². The molecule has 2 heterocycles. The predicted octanol–water partition coefficient (Wildman–Crippen LogP) is -0.0576. The van der Waals surface area contributed by atoms with Crippen LogP contribution in [-0.2, 0) is 10.3 Å². The topological polar surface area (TPSA) is 87.1 Å². The Morgan fingerprint density at radius 1 is 1.40 bits per heavy atom. The number of carbonyl (C=O) groups is 1. The standard InChI is InChI=1S/C14H20N4O2/c19-11-9-15-8-10(11)7-12(20)18-14(3-1-4-14)13-16-5-2-6-17-13/h2,5-6,10-11,15,19H,1,3-4,7-9H2,(H,18,20)/t10-,11-/m1/s1. The minimum atomic E-state index is -0.425. The number of carbonyl (C=O) groups excluding carboxylic acids is 1. The number of nitrogens with zero attached hydrogens (tertiary/aromatic N) is 2.